The van der Waals surface area contributed by atoms with Crippen LogP contribution in [0.5, 0.6) is 11.5 Å². The maximum Gasteiger partial charge on any atom is 0.151 e. The van der Waals surface area contributed by atoms with E-state index < -0.39 is 6.29 Å². The van der Waals surface area contributed by atoms with Crippen LogP contribution in [0.1, 0.15) is 24.5 Å². The third kappa shape index (κ3) is 6.36. The van der Waals surface area contributed by atoms with Gasteiger partial charge in [-0.15, -0.1) is 0 Å². The molecule has 2 aromatic rings. The van der Waals surface area contributed by atoms with Gasteiger partial charge < -0.3 is 14.9 Å². The molecule has 0 amide bonds. The Balaban J connectivity index is 0.000000347. The zero-order valence-corrected chi connectivity index (χ0v) is 12.2. The van der Waals surface area contributed by atoms with Crippen molar-refractivity contribution in [2.75, 3.05) is 0 Å². The Morgan fingerprint density at radius 1 is 0.800 bits per heavy atom. The van der Waals surface area contributed by atoms with Gasteiger partial charge in [-0.2, -0.15) is 0 Å². The van der Waals surface area contributed by atoms with E-state index in [1.165, 1.54) is 11.1 Å². The van der Waals surface area contributed by atoms with Crippen LogP contribution in [-0.4, -0.2) is 16.5 Å². The highest BCUT2D eigenvalue weighted by Crippen LogP contribution is 2.21. The fourth-order valence-corrected chi connectivity index (χ4v) is 1.35. The Hall–Kier alpha value is -1.84. The molecule has 0 bridgehead atoms. The quantitative estimate of drug-likeness (QED) is 0.837. The minimum absolute atomic E-state index is 0.417. The van der Waals surface area contributed by atoms with Crippen molar-refractivity contribution in [1.29, 1.82) is 0 Å². The molecular weight excluding hydrogens is 252 g/mol. The molecule has 0 aliphatic heterocycles. The van der Waals surface area contributed by atoms with Crippen molar-refractivity contribution in [2.45, 2.75) is 33.5 Å². The van der Waals surface area contributed by atoms with E-state index in [1.807, 2.05) is 48.5 Å². The highest BCUT2D eigenvalue weighted by atomic mass is 16.5. The molecule has 0 aliphatic carbocycles. The van der Waals surface area contributed by atoms with Crippen molar-refractivity contribution in [1.82, 2.24) is 0 Å². The molecule has 0 saturated carbocycles. The third-order valence-electron chi connectivity index (χ3n) is 2.64. The summed E-state index contributed by atoms with van der Waals surface area (Å²) in [5.74, 6) is 1.76. The standard InChI is InChI=1S/C14H14O.C3H8O2/c1-11-3-7-13(8-4-11)15-14-9-5-12(2)6-10-14;1-2-3(4)5/h3-10H,1-2H3;3-5H,2H2,1H3. The monoisotopic (exact) mass is 274 g/mol. The number of hydrogen-bond donors (Lipinski definition) is 2. The van der Waals surface area contributed by atoms with Crippen LogP contribution in [0.15, 0.2) is 48.5 Å². The predicted molar refractivity (Wildman–Crippen MR) is 80.9 cm³/mol. The lowest BCUT2D eigenvalue weighted by molar-refractivity contribution is -0.0413. The van der Waals surface area contributed by atoms with E-state index in [1.54, 1.807) is 6.92 Å². The summed E-state index contributed by atoms with van der Waals surface area (Å²) in [7, 11) is 0. The zero-order chi connectivity index (χ0) is 15.0. The summed E-state index contributed by atoms with van der Waals surface area (Å²) < 4.78 is 5.69. The van der Waals surface area contributed by atoms with Crippen LogP contribution in [0.4, 0.5) is 0 Å². The smallest absolute Gasteiger partial charge is 0.151 e. The minimum Gasteiger partial charge on any atom is -0.457 e. The van der Waals surface area contributed by atoms with Gasteiger partial charge in [0.2, 0.25) is 0 Å². The average Bonchev–Trinajstić information content (AvgIpc) is 2.44. The number of ether oxygens (including phenoxy) is 1. The Morgan fingerprint density at radius 2 is 1.10 bits per heavy atom. The lowest BCUT2D eigenvalue weighted by Crippen LogP contribution is -1.99. The number of rotatable bonds is 3. The predicted octanol–water partition coefficient (Wildman–Crippen LogP) is 3.80. The molecule has 2 aromatic carbocycles. The van der Waals surface area contributed by atoms with Gasteiger partial charge in [-0.3, -0.25) is 0 Å². The molecule has 0 radical (unpaired) electrons. The van der Waals surface area contributed by atoms with Crippen LogP contribution in [-0.2, 0) is 0 Å². The first-order valence-corrected chi connectivity index (χ1v) is 6.68. The van der Waals surface area contributed by atoms with Gasteiger partial charge in [0.15, 0.2) is 6.29 Å². The van der Waals surface area contributed by atoms with Gasteiger partial charge in [0.05, 0.1) is 0 Å². The Labute approximate surface area is 120 Å². The molecule has 0 heterocycles. The van der Waals surface area contributed by atoms with Crippen molar-refractivity contribution in [3.8, 4) is 11.5 Å². The summed E-state index contributed by atoms with van der Waals surface area (Å²) in [5, 5.41) is 15.8. The molecule has 0 atom stereocenters. The summed E-state index contributed by atoms with van der Waals surface area (Å²) in [6, 6.07) is 16.1. The van der Waals surface area contributed by atoms with Crippen LogP contribution < -0.4 is 4.74 Å². The second kappa shape index (κ2) is 8.35. The van der Waals surface area contributed by atoms with Crippen LogP contribution in [0, 0.1) is 13.8 Å². The molecule has 0 spiro atoms. The van der Waals surface area contributed by atoms with E-state index in [9.17, 15) is 0 Å². The van der Waals surface area contributed by atoms with E-state index in [-0.39, 0.29) is 0 Å². The first-order chi connectivity index (χ1) is 9.51. The second-order valence-corrected chi connectivity index (χ2v) is 4.62. The molecule has 20 heavy (non-hydrogen) atoms. The van der Waals surface area contributed by atoms with E-state index in [0.717, 1.165) is 11.5 Å². The maximum atomic E-state index is 7.92. The summed E-state index contributed by atoms with van der Waals surface area (Å²) in [5.41, 5.74) is 2.48. The van der Waals surface area contributed by atoms with E-state index >= 15 is 0 Å². The van der Waals surface area contributed by atoms with E-state index in [4.69, 9.17) is 14.9 Å². The van der Waals surface area contributed by atoms with Crippen molar-refractivity contribution in [3.63, 3.8) is 0 Å². The largest absolute Gasteiger partial charge is 0.457 e. The van der Waals surface area contributed by atoms with E-state index in [2.05, 4.69) is 13.8 Å². The Bertz CT molecular complexity index is 443. The number of benzene rings is 2. The first-order valence-electron chi connectivity index (χ1n) is 6.68. The normalized spacial score (nSPS) is 9.90. The number of aliphatic hydroxyl groups excluding tert-OH is 1. The molecule has 0 aromatic heterocycles. The van der Waals surface area contributed by atoms with Gasteiger partial charge in [0.25, 0.3) is 0 Å². The molecule has 2 N–H and O–H groups in total. The minimum atomic E-state index is -1.12. The van der Waals surface area contributed by atoms with E-state index in [0.29, 0.717) is 6.42 Å². The lowest BCUT2D eigenvalue weighted by atomic mass is 10.2. The van der Waals surface area contributed by atoms with Gasteiger partial charge in [-0.25, -0.2) is 0 Å². The molecule has 3 nitrogen and oxygen atoms in total. The van der Waals surface area contributed by atoms with Gasteiger partial charge in [-0.05, 0) is 44.5 Å². The lowest BCUT2D eigenvalue weighted by Gasteiger charge is -2.05. The average molecular weight is 274 g/mol. The first kappa shape index (κ1) is 16.2. The van der Waals surface area contributed by atoms with Crippen molar-refractivity contribution in [3.05, 3.63) is 59.7 Å². The molecule has 0 unspecified atom stereocenters. The highest BCUT2D eigenvalue weighted by molar-refractivity contribution is 5.33. The molecule has 2 rings (SSSR count). The fraction of sp³-hybridized carbons (Fsp3) is 0.294. The van der Waals surface area contributed by atoms with Crippen molar-refractivity contribution in [2.24, 2.45) is 0 Å². The highest BCUT2D eigenvalue weighted by Gasteiger charge is 1.95. The second-order valence-electron chi connectivity index (χ2n) is 4.62. The van der Waals surface area contributed by atoms with Crippen molar-refractivity contribution >= 4 is 0 Å². The number of hydrogen-bond acceptors (Lipinski definition) is 3. The molecular formula is C17H22O3. The molecule has 0 saturated heterocycles. The SMILES string of the molecule is CCC(O)O.Cc1ccc(Oc2ccc(C)cc2)cc1. The van der Waals surface area contributed by atoms with Gasteiger partial charge >= 0.3 is 0 Å². The van der Waals surface area contributed by atoms with Gasteiger partial charge in [0, 0.05) is 0 Å². The topological polar surface area (TPSA) is 49.7 Å². The third-order valence-corrected chi connectivity index (χ3v) is 2.64. The summed E-state index contributed by atoms with van der Waals surface area (Å²) in [4.78, 5) is 0. The summed E-state index contributed by atoms with van der Waals surface area (Å²) >= 11 is 0. The molecule has 0 fully saturated rings. The molecule has 3 heteroatoms. The van der Waals surface area contributed by atoms with Crippen molar-refractivity contribution < 1.29 is 14.9 Å². The zero-order valence-electron chi connectivity index (χ0n) is 12.2. The number of aryl methyl sites for hydroxylation is 2. The summed E-state index contributed by atoms with van der Waals surface area (Å²) in [6.45, 7) is 5.83. The number of aliphatic hydroxyl groups is 2. The van der Waals surface area contributed by atoms with Crippen LogP contribution in [0.2, 0.25) is 0 Å². The molecule has 0 aliphatic rings. The Kier molecular flexibility index (Phi) is 6.77. The fourth-order valence-electron chi connectivity index (χ4n) is 1.35. The van der Waals surface area contributed by atoms with Crippen LogP contribution >= 0.6 is 0 Å². The van der Waals surface area contributed by atoms with Gasteiger partial charge in [0.1, 0.15) is 11.5 Å². The molecule has 108 valence electrons. The van der Waals surface area contributed by atoms with Crippen LogP contribution in [0.25, 0.3) is 0 Å². The maximum absolute atomic E-state index is 7.92. The Morgan fingerprint density at radius 3 is 1.35 bits per heavy atom. The summed E-state index contributed by atoms with van der Waals surface area (Å²) in [6.07, 6.45) is -0.699. The van der Waals surface area contributed by atoms with Gasteiger partial charge in [-0.1, -0.05) is 42.3 Å². The van der Waals surface area contributed by atoms with Crippen LogP contribution in [0.3, 0.4) is 0 Å².